The molecule has 0 saturated heterocycles. The van der Waals surface area contributed by atoms with E-state index in [1.165, 1.54) is 11.8 Å². The zero-order valence-corrected chi connectivity index (χ0v) is 9.98. The molecule has 0 bridgehead atoms. The average Bonchev–Trinajstić information content (AvgIpc) is 2.42. The van der Waals surface area contributed by atoms with E-state index < -0.39 is 0 Å². The van der Waals surface area contributed by atoms with E-state index in [2.05, 4.69) is 29.4 Å². The number of nitrogens with zero attached hydrogens (tertiary/aromatic N) is 2. The number of oxime groups is 1. The van der Waals surface area contributed by atoms with Crippen molar-refractivity contribution in [3.05, 3.63) is 72.1 Å². The minimum absolute atomic E-state index is 0.811. The maximum absolute atomic E-state index is 8.41. The second kappa shape index (κ2) is 6.35. The van der Waals surface area contributed by atoms with Gasteiger partial charge in [-0.3, -0.25) is 0 Å². The smallest absolute Gasteiger partial charge is 0.169 e. The quantitative estimate of drug-likeness (QED) is 0.378. The summed E-state index contributed by atoms with van der Waals surface area (Å²) in [5.41, 5.74) is 2.07. The molecule has 0 radical (unpaired) electrons. The van der Waals surface area contributed by atoms with E-state index in [1.54, 1.807) is 0 Å². The van der Waals surface area contributed by atoms with Crippen molar-refractivity contribution >= 4 is 12.3 Å². The van der Waals surface area contributed by atoms with Crippen molar-refractivity contribution in [2.45, 2.75) is 6.54 Å². The van der Waals surface area contributed by atoms with E-state index >= 15 is 0 Å². The molecule has 1 heterocycles. The zero-order valence-electron chi connectivity index (χ0n) is 9.98. The molecule has 90 valence electrons. The predicted molar refractivity (Wildman–Crippen MR) is 71.5 cm³/mol. The van der Waals surface area contributed by atoms with Crippen LogP contribution in [0.25, 0.3) is 6.08 Å². The molecular formula is C15H15N2O+. The van der Waals surface area contributed by atoms with E-state index in [9.17, 15) is 0 Å². The van der Waals surface area contributed by atoms with Crippen LogP contribution >= 0.6 is 0 Å². The number of hydrogen-bond donors (Lipinski definition) is 1. The second-order valence-corrected chi connectivity index (χ2v) is 3.89. The Morgan fingerprint density at radius 2 is 1.72 bits per heavy atom. The van der Waals surface area contributed by atoms with Crippen LogP contribution in [0.4, 0.5) is 0 Å². The van der Waals surface area contributed by atoms with Crippen LogP contribution < -0.4 is 4.57 Å². The van der Waals surface area contributed by atoms with Gasteiger partial charge in [0.25, 0.3) is 0 Å². The molecule has 0 spiro atoms. The molecule has 1 N–H and O–H groups in total. The summed E-state index contributed by atoms with van der Waals surface area (Å²) >= 11 is 0. The molecule has 0 aliphatic carbocycles. The fourth-order valence-electron chi connectivity index (χ4n) is 1.62. The largest absolute Gasteiger partial charge is 0.411 e. The highest BCUT2D eigenvalue weighted by atomic mass is 16.4. The van der Waals surface area contributed by atoms with Crippen molar-refractivity contribution < 1.29 is 9.77 Å². The van der Waals surface area contributed by atoms with Gasteiger partial charge in [-0.2, -0.15) is 0 Å². The lowest BCUT2D eigenvalue weighted by Crippen LogP contribution is -2.31. The highest BCUT2D eigenvalue weighted by molar-refractivity contribution is 5.78. The van der Waals surface area contributed by atoms with Crippen molar-refractivity contribution in [1.29, 1.82) is 0 Å². The summed E-state index contributed by atoms with van der Waals surface area (Å²) in [5, 5.41) is 11.4. The third-order valence-electron chi connectivity index (χ3n) is 2.55. The Bertz CT molecular complexity index is 530. The molecule has 0 aliphatic heterocycles. The first kappa shape index (κ1) is 12.0. The minimum Gasteiger partial charge on any atom is -0.411 e. The molecule has 0 aliphatic rings. The topological polar surface area (TPSA) is 36.5 Å². The van der Waals surface area contributed by atoms with Crippen LogP contribution in [-0.2, 0) is 6.54 Å². The van der Waals surface area contributed by atoms with Crippen LogP contribution in [0, 0.1) is 0 Å². The standard InChI is InChI=1S/C15H14N2O/c18-16-13-15-8-11-17(12-9-15)10-4-7-14-5-2-1-3-6-14/h1-9,11-13H,10H2/p+1. The van der Waals surface area contributed by atoms with E-state index in [-0.39, 0.29) is 0 Å². The van der Waals surface area contributed by atoms with Gasteiger partial charge in [0.05, 0.1) is 6.21 Å². The highest BCUT2D eigenvalue weighted by Gasteiger charge is 1.96. The maximum Gasteiger partial charge on any atom is 0.169 e. The summed E-state index contributed by atoms with van der Waals surface area (Å²) in [6, 6.07) is 14.0. The van der Waals surface area contributed by atoms with Gasteiger partial charge in [-0.15, -0.1) is 0 Å². The number of hydrogen-bond acceptors (Lipinski definition) is 2. The number of rotatable bonds is 4. The monoisotopic (exact) mass is 239 g/mol. The van der Waals surface area contributed by atoms with E-state index in [1.807, 2.05) is 47.3 Å². The van der Waals surface area contributed by atoms with Crippen LogP contribution in [-0.4, -0.2) is 11.4 Å². The summed E-state index contributed by atoms with van der Waals surface area (Å²) in [6.45, 7) is 0.811. The van der Waals surface area contributed by atoms with E-state index in [4.69, 9.17) is 5.21 Å². The van der Waals surface area contributed by atoms with Crippen molar-refractivity contribution in [3.8, 4) is 0 Å². The lowest BCUT2D eigenvalue weighted by Gasteiger charge is -1.93. The fraction of sp³-hybridized carbons (Fsp3) is 0.0667. The molecule has 18 heavy (non-hydrogen) atoms. The summed E-state index contributed by atoms with van der Waals surface area (Å²) in [7, 11) is 0. The Morgan fingerprint density at radius 3 is 2.39 bits per heavy atom. The summed E-state index contributed by atoms with van der Waals surface area (Å²) in [5.74, 6) is 0. The molecule has 2 rings (SSSR count). The van der Waals surface area contributed by atoms with Crippen molar-refractivity contribution in [2.75, 3.05) is 0 Å². The maximum atomic E-state index is 8.41. The zero-order chi connectivity index (χ0) is 12.6. The lowest BCUT2D eigenvalue weighted by molar-refractivity contribution is -0.686. The van der Waals surface area contributed by atoms with Gasteiger partial charge in [-0.1, -0.05) is 41.6 Å². The Kier molecular flexibility index (Phi) is 4.25. The number of aromatic nitrogens is 1. The van der Waals surface area contributed by atoms with Crippen molar-refractivity contribution in [2.24, 2.45) is 5.16 Å². The third kappa shape index (κ3) is 3.56. The third-order valence-corrected chi connectivity index (χ3v) is 2.55. The average molecular weight is 239 g/mol. The summed E-state index contributed by atoms with van der Waals surface area (Å²) in [4.78, 5) is 0. The normalized spacial score (nSPS) is 11.3. The van der Waals surface area contributed by atoms with Gasteiger partial charge < -0.3 is 5.21 Å². The van der Waals surface area contributed by atoms with Gasteiger partial charge in [0, 0.05) is 17.7 Å². The SMILES string of the molecule is O/N=C\c1cc[n+](CC=Cc2ccccc2)cc1. The summed E-state index contributed by atoms with van der Waals surface area (Å²) < 4.78 is 2.05. The van der Waals surface area contributed by atoms with Gasteiger partial charge in [0.2, 0.25) is 0 Å². The molecule has 3 nitrogen and oxygen atoms in total. The molecule has 0 fully saturated rings. The molecule has 1 aromatic carbocycles. The Morgan fingerprint density at radius 1 is 1.00 bits per heavy atom. The summed E-state index contributed by atoms with van der Waals surface area (Å²) in [6.07, 6.45) is 9.51. The first-order chi connectivity index (χ1) is 8.88. The van der Waals surface area contributed by atoms with Gasteiger partial charge >= 0.3 is 0 Å². The molecule has 0 amide bonds. The van der Waals surface area contributed by atoms with Gasteiger partial charge in [0.1, 0.15) is 0 Å². The van der Waals surface area contributed by atoms with Gasteiger partial charge in [0.15, 0.2) is 18.9 Å². The van der Waals surface area contributed by atoms with Crippen LogP contribution in [0.3, 0.4) is 0 Å². The molecule has 1 aromatic heterocycles. The number of benzene rings is 1. The fourth-order valence-corrected chi connectivity index (χ4v) is 1.62. The van der Waals surface area contributed by atoms with Crippen LogP contribution in [0.5, 0.6) is 0 Å². The van der Waals surface area contributed by atoms with Crippen LogP contribution in [0.15, 0.2) is 66.1 Å². The second-order valence-electron chi connectivity index (χ2n) is 3.89. The molecule has 0 atom stereocenters. The van der Waals surface area contributed by atoms with Crippen molar-refractivity contribution in [3.63, 3.8) is 0 Å². The highest BCUT2D eigenvalue weighted by Crippen LogP contribution is 2.00. The first-order valence-corrected chi connectivity index (χ1v) is 5.76. The predicted octanol–water partition coefficient (Wildman–Crippen LogP) is 2.50. The Labute approximate surface area is 106 Å². The molecule has 0 unspecified atom stereocenters. The molecule has 3 heteroatoms. The number of pyridine rings is 1. The molecule has 0 saturated carbocycles. The van der Waals surface area contributed by atoms with E-state index in [0.29, 0.717) is 0 Å². The Hall–Kier alpha value is -2.42. The minimum atomic E-state index is 0.811. The van der Waals surface area contributed by atoms with E-state index in [0.717, 1.165) is 12.1 Å². The first-order valence-electron chi connectivity index (χ1n) is 5.76. The Balaban J connectivity index is 1.96. The van der Waals surface area contributed by atoms with Crippen molar-refractivity contribution in [1.82, 2.24) is 0 Å². The van der Waals surface area contributed by atoms with Gasteiger partial charge in [-0.25, -0.2) is 4.57 Å². The van der Waals surface area contributed by atoms with Crippen LogP contribution in [0.1, 0.15) is 11.1 Å². The van der Waals surface area contributed by atoms with Crippen LogP contribution in [0.2, 0.25) is 0 Å². The van der Waals surface area contributed by atoms with Gasteiger partial charge in [-0.05, 0) is 11.6 Å². The molecule has 2 aromatic rings. The number of allylic oxidation sites excluding steroid dienone is 1. The molecular weight excluding hydrogens is 224 g/mol. The lowest BCUT2D eigenvalue weighted by atomic mass is 10.2.